The molecule has 0 N–H and O–H groups in total. The fraction of sp³-hybridized carbons (Fsp3) is 0.885. The SMILES string of the molecule is CCCCCCCCCCCCCC(C)n1ccnc1C(C)CCCCCC. The predicted octanol–water partition coefficient (Wildman–Crippen LogP) is 9.22. The van der Waals surface area contributed by atoms with Crippen LogP contribution < -0.4 is 0 Å². The van der Waals surface area contributed by atoms with Crippen LogP contribution in [0.15, 0.2) is 12.4 Å². The van der Waals surface area contributed by atoms with Gasteiger partial charge in [-0.2, -0.15) is 0 Å². The highest BCUT2D eigenvalue weighted by Gasteiger charge is 2.15. The fourth-order valence-corrected chi connectivity index (χ4v) is 4.33. The van der Waals surface area contributed by atoms with Gasteiger partial charge in [-0.1, -0.05) is 117 Å². The minimum atomic E-state index is 0.589. The molecule has 0 aliphatic carbocycles. The van der Waals surface area contributed by atoms with Crippen molar-refractivity contribution in [2.45, 2.75) is 149 Å². The van der Waals surface area contributed by atoms with E-state index in [1.54, 1.807) is 0 Å². The van der Waals surface area contributed by atoms with E-state index in [0.29, 0.717) is 12.0 Å². The molecule has 1 rings (SSSR count). The lowest BCUT2D eigenvalue weighted by molar-refractivity contribution is 0.436. The molecule has 2 nitrogen and oxygen atoms in total. The van der Waals surface area contributed by atoms with Crippen LogP contribution in [-0.2, 0) is 0 Å². The first-order chi connectivity index (χ1) is 13.7. The van der Waals surface area contributed by atoms with Gasteiger partial charge in [-0.25, -0.2) is 4.98 Å². The maximum atomic E-state index is 4.70. The van der Waals surface area contributed by atoms with E-state index in [4.69, 9.17) is 4.98 Å². The minimum absolute atomic E-state index is 0.589. The van der Waals surface area contributed by atoms with Crippen LogP contribution in [0.1, 0.15) is 155 Å². The molecule has 2 unspecified atom stereocenters. The van der Waals surface area contributed by atoms with E-state index in [-0.39, 0.29) is 0 Å². The number of nitrogens with zero attached hydrogens (tertiary/aromatic N) is 2. The van der Waals surface area contributed by atoms with Gasteiger partial charge in [0.05, 0.1) is 0 Å². The summed E-state index contributed by atoms with van der Waals surface area (Å²) in [6.45, 7) is 9.32. The van der Waals surface area contributed by atoms with Gasteiger partial charge in [0.25, 0.3) is 0 Å². The van der Waals surface area contributed by atoms with Gasteiger partial charge in [0.1, 0.15) is 5.82 Å². The van der Waals surface area contributed by atoms with Gasteiger partial charge in [0.2, 0.25) is 0 Å². The Balaban J connectivity index is 2.12. The summed E-state index contributed by atoms with van der Waals surface area (Å²) in [5.74, 6) is 1.90. The van der Waals surface area contributed by atoms with Crippen LogP contribution in [0, 0.1) is 0 Å². The Morgan fingerprint density at radius 2 is 1.14 bits per heavy atom. The Labute approximate surface area is 176 Å². The lowest BCUT2D eigenvalue weighted by Crippen LogP contribution is -2.11. The van der Waals surface area contributed by atoms with Crippen molar-refractivity contribution in [2.75, 3.05) is 0 Å². The Hall–Kier alpha value is -0.790. The van der Waals surface area contributed by atoms with Gasteiger partial charge in [-0.05, 0) is 19.8 Å². The van der Waals surface area contributed by atoms with Crippen molar-refractivity contribution in [3.05, 3.63) is 18.2 Å². The number of hydrogen-bond donors (Lipinski definition) is 0. The average molecular weight is 391 g/mol. The van der Waals surface area contributed by atoms with Gasteiger partial charge >= 0.3 is 0 Å². The standard InChI is InChI=1S/C26H50N2/c1-5-7-9-11-12-13-14-15-16-17-19-21-25(4)28-23-22-27-26(28)24(3)20-18-10-8-6-2/h22-25H,5-21H2,1-4H3. The summed E-state index contributed by atoms with van der Waals surface area (Å²) in [4.78, 5) is 4.70. The first kappa shape index (κ1) is 25.2. The number of rotatable bonds is 19. The Bertz CT molecular complexity index is 451. The van der Waals surface area contributed by atoms with Crippen molar-refractivity contribution in [3.8, 4) is 0 Å². The van der Waals surface area contributed by atoms with Crippen LogP contribution in [0.5, 0.6) is 0 Å². The van der Waals surface area contributed by atoms with E-state index >= 15 is 0 Å². The van der Waals surface area contributed by atoms with Crippen LogP contribution in [0.3, 0.4) is 0 Å². The molecule has 0 saturated heterocycles. The van der Waals surface area contributed by atoms with Crippen molar-refractivity contribution < 1.29 is 0 Å². The van der Waals surface area contributed by atoms with Crippen molar-refractivity contribution in [3.63, 3.8) is 0 Å². The molecule has 28 heavy (non-hydrogen) atoms. The first-order valence-electron chi connectivity index (χ1n) is 12.7. The van der Waals surface area contributed by atoms with Crippen LogP contribution in [0.25, 0.3) is 0 Å². The quantitative estimate of drug-likeness (QED) is 0.215. The molecular weight excluding hydrogens is 340 g/mol. The summed E-state index contributed by atoms with van der Waals surface area (Å²) in [7, 11) is 0. The van der Waals surface area contributed by atoms with Crippen molar-refractivity contribution in [1.29, 1.82) is 0 Å². The lowest BCUT2D eigenvalue weighted by Gasteiger charge is -2.20. The zero-order chi connectivity index (χ0) is 20.5. The molecule has 0 bridgehead atoms. The number of imidazole rings is 1. The molecule has 0 radical (unpaired) electrons. The first-order valence-corrected chi connectivity index (χ1v) is 12.7. The predicted molar refractivity (Wildman–Crippen MR) is 125 cm³/mol. The molecule has 0 amide bonds. The average Bonchev–Trinajstić information content (AvgIpc) is 3.19. The molecule has 164 valence electrons. The van der Waals surface area contributed by atoms with E-state index in [0.717, 1.165) is 0 Å². The third-order valence-corrected chi connectivity index (χ3v) is 6.33. The molecule has 1 heterocycles. The number of aromatic nitrogens is 2. The molecular formula is C26H50N2. The second-order valence-corrected chi connectivity index (χ2v) is 9.12. The van der Waals surface area contributed by atoms with Crippen molar-refractivity contribution in [1.82, 2.24) is 9.55 Å². The molecule has 0 aliphatic heterocycles. The highest BCUT2D eigenvalue weighted by molar-refractivity contribution is 5.00. The molecule has 1 aromatic heterocycles. The summed E-state index contributed by atoms with van der Waals surface area (Å²) in [5.41, 5.74) is 0. The lowest BCUT2D eigenvalue weighted by atomic mass is 10.0. The van der Waals surface area contributed by atoms with Gasteiger partial charge in [0, 0.05) is 24.4 Å². The third kappa shape index (κ3) is 11.3. The molecule has 0 aromatic carbocycles. The highest BCUT2D eigenvalue weighted by Crippen LogP contribution is 2.25. The smallest absolute Gasteiger partial charge is 0.111 e. The van der Waals surface area contributed by atoms with E-state index < -0.39 is 0 Å². The highest BCUT2D eigenvalue weighted by atomic mass is 15.1. The Morgan fingerprint density at radius 1 is 0.679 bits per heavy atom. The van der Waals surface area contributed by atoms with Gasteiger partial charge in [0.15, 0.2) is 0 Å². The minimum Gasteiger partial charge on any atom is -0.332 e. The van der Waals surface area contributed by atoms with E-state index in [1.807, 2.05) is 6.20 Å². The summed E-state index contributed by atoms with van der Waals surface area (Å²) >= 11 is 0. The Morgan fingerprint density at radius 3 is 1.71 bits per heavy atom. The van der Waals surface area contributed by atoms with Crippen molar-refractivity contribution in [2.24, 2.45) is 0 Å². The van der Waals surface area contributed by atoms with Gasteiger partial charge in [-0.3, -0.25) is 0 Å². The molecule has 2 atom stereocenters. The maximum Gasteiger partial charge on any atom is 0.111 e. The molecule has 2 heteroatoms. The molecule has 0 aliphatic rings. The van der Waals surface area contributed by atoms with E-state index in [9.17, 15) is 0 Å². The summed E-state index contributed by atoms with van der Waals surface area (Å²) in [6, 6.07) is 0.592. The maximum absolute atomic E-state index is 4.70. The molecule has 0 saturated carbocycles. The van der Waals surface area contributed by atoms with Crippen LogP contribution in [0.2, 0.25) is 0 Å². The van der Waals surface area contributed by atoms with Crippen LogP contribution in [-0.4, -0.2) is 9.55 Å². The zero-order valence-electron chi connectivity index (χ0n) is 19.7. The third-order valence-electron chi connectivity index (χ3n) is 6.33. The van der Waals surface area contributed by atoms with Gasteiger partial charge < -0.3 is 4.57 Å². The second kappa shape index (κ2) is 17.1. The topological polar surface area (TPSA) is 17.8 Å². The van der Waals surface area contributed by atoms with Crippen LogP contribution in [0.4, 0.5) is 0 Å². The summed E-state index contributed by atoms with van der Waals surface area (Å²) < 4.78 is 2.46. The molecule has 0 fully saturated rings. The van der Waals surface area contributed by atoms with E-state index in [2.05, 4.69) is 38.5 Å². The summed E-state index contributed by atoms with van der Waals surface area (Å²) in [6.07, 6.45) is 27.9. The number of hydrogen-bond acceptors (Lipinski definition) is 1. The normalized spacial score (nSPS) is 13.7. The zero-order valence-corrected chi connectivity index (χ0v) is 19.7. The van der Waals surface area contributed by atoms with Crippen molar-refractivity contribution >= 4 is 0 Å². The van der Waals surface area contributed by atoms with Crippen LogP contribution >= 0.6 is 0 Å². The fourth-order valence-electron chi connectivity index (χ4n) is 4.33. The molecule has 1 aromatic rings. The number of unbranched alkanes of at least 4 members (excludes halogenated alkanes) is 13. The molecule has 0 spiro atoms. The Kier molecular flexibility index (Phi) is 15.4. The van der Waals surface area contributed by atoms with E-state index in [1.165, 1.54) is 115 Å². The van der Waals surface area contributed by atoms with Gasteiger partial charge in [-0.15, -0.1) is 0 Å². The largest absolute Gasteiger partial charge is 0.332 e. The monoisotopic (exact) mass is 390 g/mol. The summed E-state index contributed by atoms with van der Waals surface area (Å²) in [5, 5.41) is 0. The second-order valence-electron chi connectivity index (χ2n) is 9.12.